The SMILES string of the molecule is O=C(Nc1ccc2c(c1)S(=O)(=O)N=C(C1CCCC1)N2c1ccccc1)c1ccco1. The Hall–Kier alpha value is -3.39. The molecule has 1 aliphatic carbocycles. The standard InChI is InChI=1S/C23H21N3O4S/c27-23(20-11-6-14-30-20)24-17-12-13-19-21(15-17)31(28,29)25-22(16-7-4-5-8-16)26(19)18-9-2-1-3-10-18/h1-3,6,9-16H,4-5,7-8H2,(H,24,27). The van der Waals surface area contributed by atoms with E-state index < -0.39 is 15.9 Å². The molecule has 8 heteroatoms. The number of rotatable bonds is 4. The second-order valence-electron chi connectivity index (χ2n) is 7.69. The minimum Gasteiger partial charge on any atom is -0.459 e. The molecule has 158 valence electrons. The van der Waals surface area contributed by atoms with E-state index in [9.17, 15) is 13.2 Å². The molecular formula is C23H21N3O4S. The maximum atomic E-state index is 13.1. The molecule has 5 rings (SSSR count). The number of amidine groups is 1. The topological polar surface area (TPSA) is 92.0 Å². The predicted octanol–water partition coefficient (Wildman–Crippen LogP) is 4.96. The first kappa shape index (κ1) is 19.6. The Balaban J connectivity index is 1.59. The van der Waals surface area contributed by atoms with Crippen molar-refractivity contribution in [2.24, 2.45) is 10.3 Å². The molecule has 7 nitrogen and oxygen atoms in total. The Labute approximate surface area is 180 Å². The molecule has 1 N–H and O–H groups in total. The Morgan fingerprint density at radius 1 is 1.03 bits per heavy atom. The van der Waals surface area contributed by atoms with E-state index in [-0.39, 0.29) is 16.6 Å². The molecule has 1 saturated carbocycles. The van der Waals surface area contributed by atoms with Crippen molar-refractivity contribution in [3.8, 4) is 0 Å². The molecule has 31 heavy (non-hydrogen) atoms. The maximum absolute atomic E-state index is 13.1. The van der Waals surface area contributed by atoms with Crippen molar-refractivity contribution in [1.82, 2.24) is 0 Å². The smallest absolute Gasteiger partial charge is 0.291 e. The fourth-order valence-electron chi connectivity index (χ4n) is 4.21. The number of carbonyl (C=O) groups is 1. The van der Waals surface area contributed by atoms with Gasteiger partial charge in [-0.3, -0.25) is 9.69 Å². The first-order chi connectivity index (χ1) is 15.0. The van der Waals surface area contributed by atoms with Crippen LogP contribution in [0.1, 0.15) is 36.2 Å². The molecule has 0 saturated heterocycles. The number of anilines is 3. The lowest BCUT2D eigenvalue weighted by atomic mass is 10.0. The number of nitrogens with zero attached hydrogens (tertiary/aromatic N) is 2. The highest BCUT2D eigenvalue weighted by Gasteiger charge is 2.36. The molecular weight excluding hydrogens is 414 g/mol. The van der Waals surface area contributed by atoms with Crippen LogP contribution in [0.5, 0.6) is 0 Å². The van der Waals surface area contributed by atoms with Crippen molar-refractivity contribution in [1.29, 1.82) is 0 Å². The summed E-state index contributed by atoms with van der Waals surface area (Å²) in [6.07, 6.45) is 5.38. The predicted molar refractivity (Wildman–Crippen MR) is 118 cm³/mol. The van der Waals surface area contributed by atoms with Gasteiger partial charge in [-0.1, -0.05) is 31.0 Å². The van der Waals surface area contributed by atoms with Gasteiger partial charge in [-0.25, -0.2) is 0 Å². The number of nitrogens with one attached hydrogen (secondary N) is 1. The van der Waals surface area contributed by atoms with Crippen LogP contribution in [0.2, 0.25) is 0 Å². The normalized spacial score (nSPS) is 17.8. The van der Waals surface area contributed by atoms with Crippen molar-refractivity contribution < 1.29 is 17.6 Å². The van der Waals surface area contributed by atoms with Gasteiger partial charge in [0.1, 0.15) is 10.7 Å². The van der Waals surface area contributed by atoms with Crippen molar-refractivity contribution in [2.45, 2.75) is 30.6 Å². The van der Waals surface area contributed by atoms with Crippen LogP contribution in [-0.2, 0) is 10.0 Å². The van der Waals surface area contributed by atoms with E-state index in [2.05, 4.69) is 9.71 Å². The van der Waals surface area contributed by atoms with Crippen LogP contribution in [0.3, 0.4) is 0 Å². The molecule has 1 fully saturated rings. The van der Waals surface area contributed by atoms with Gasteiger partial charge >= 0.3 is 0 Å². The first-order valence-corrected chi connectivity index (χ1v) is 11.7. The average Bonchev–Trinajstić information content (AvgIpc) is 3.49. The summed E-state index contributed by atoms with van der Waals surface area (Å²) in [4.78, 5) is 14.3. The van der Waals surface area contributed by atoms with Crippen LogP contribution in [0.15, 0.2) is 80.6 Å². The quantitative estimate of drug-likeness (QED) is 0.625. The third-order valence-corrected chi connectivity index (χ3v) is 6.97. The van der Waals surface area contributed by atoms with Gasteiger partial charge in [0.05, 0.1) is 12.0 Å². The molecule has 2 aliphatic rings. The number of hydrogen-bond donors (Lipinski definition) is 1. The summed E-state index contributed by atoms with van der Waals surface area (Å²) in [5.41, 5.74) is 1.76. The molecule has 0 unspecified atom stereocenters. The molecule has 0 atom stereocenters. The van der Waals surface area contributed by atoms with Crippen molar-refractivity contribution >= 4 is 38.8 Å². The lowest BCUT2D eigenvalue weighted by Crippen LogP contribution is -2.36. The second kappa shape index (κ2) is 7.70. The molecule has 3 aromatic rings. The van der Waals surface area contributed by atoms with Crippen molar-refractivity contribution in [3.63, 3.8) is 0 Å². The van der Waals surface area contributed by atoms with Gasteiger partial charge in [-0.2, -0.15) is 8.42 Å². The van der Waals surface area contributed by atoms with E-state index in [0.717, 1.165) is 31.4 Å². The fourth-order valence-corrected chi connectivity index (χ4v) is 5.48. The van der Waals surface area contributed by atoms with Gasteiger partial charge in [0, 0.05) is 17.3 Å². The number of furan rings is 1. The van der Waals surface area contributed by atoms with Crippen LogP contribution in [0.25, 0.3) is 0 Å². The minimum atomic E-state index is -3.91. The van der Waals surface area contributed by atoms with E-state index in [1.165, 1.54) is 12.3 Å². The largest absolute Gasteiger partial charge is 0.459 e. The number of para-hydroxylation sites is 1. The lowest BCUT2D eigenvalue weighted by Gasteiger charge is -2.33. The molecule has 2 aromatic carbocycles. The number of benzene rings is 2. The summed E-state index contributed by atoms with van der Waals surface area (Å²) in [5, 5.41) is 2.69. The summed E-state index contributed by atoms with van der Waals surface area (Å²) in [6.45, 7) is 0. The molecule has 1 amide bonds. The Bertz CT molecular complexity index is 1250. The summed E-state index contributed by atoms with van der Waals surface area (Å²) < 4.78 is 35.6. The van der Waals surface area contributed by atoms with Gasteiger partial charge in [0.25, 0.3) is 15.9 Å². The fraction of sp³-hybridized carbons (Fsp3) is 0.217. The highest BCUT2D eigenvalue weighted by molar-refractivity contribution is 7.90. The van der Waals surface area contributed by atoms with Gasteiger partial charge in [-0.15, -0.1) is 4.40 Å². The molecule has 2 heterocycles. The van der Waals surface area contributed by atoms with Crippen LogP contribution >= 0.6 is 0 Å². The minimum absolute atomic E-state index is 0.0651. The highest BCUT2D eigenvalue weighted by Crippen LogP contribution is 2.42. The zero-order valence-corrected chi connectivity index (χ0v) is 17.5. The van der Waals surface area contributed by atoms with Crippen molar-refractivity contribution in [3.05, 3.63) is 72.7 Å². The first-order valence-electron chi connectivity index (χ1n) is 10.2. The number of amides is 1. The average molecular weight is 436 g/mol. The molecule has 0 bridgehead atoms. The van der Waals surface area contributed by atoms with Crippen LogP contribution in [0.4, 0.5) is 17.1 Å². The third-order valence-electron chi connectivity index (χ3n) is 5.66. The van der Waals surface area contributed by atoms with E-state index in [4.69, 9.17) is 4.42 Å². The maximum Gasteiger partial charge on any atom is 0.291 e. The number of carbonyl (C=O) groups excluding carboxylic acids is 1. The molecule has 0 spiro atoms. The number of hydrogen-bond acceptors (Lipinski definition) is 5. The van der Waals surface area contributed by atoms with Gasteiger partial charge < -0.3 is 9.73 Å². The Kier molecular flexibility index (Phi) is 4.86. The zero-order chi connectivity index (χ0) is 21.4. The third kappa shape index (κ3) is 3.63. The Morgan fingerprint density at radius 2 is 1.81 bits per heavy atom. The molecule has 1 aromatic heterocycles. The number of sulfonamides is 1. The van der Waals surface area contributed by atoms with Crippen molar-refractivity contribution in [2.75, 3.05) is 10.2 Å². The van der Waals surface area contributed by atoms with Gasteiger partial charge in [-0.05, 0) is 55.3 Å². The lowest BCUT2D eigenvalue weighted by molar-refractivity contribution is 0.0996. The van der Waals surface area contributed by atoms with Crippen LogP contribution < -0.4 is 10.2 Å². The van der Waals surface area contributed by atoms with Gasteiger partial charge in [0.2, 0.25) is 0 Å². The molecule has 1 aliphatic heterocycles. The zero-order valence-electron chi connectivity index (χ0n) is 16.7. The monoisotopic (exact) mass is 435 g/mol. The second-order valence-corrected chi connectivity index (χ2v) is 9.26. The molecule has 0 radical (unpaired) electrons. The summed E-state index contributed by atoms with van der Waals surface area (Å²) >= 11 is 0. The number of fused-ring (bicyclic) bond motifs is 1. The van der Waals surface area contributed by atoms with E-state index in [1.54, 1.807) is 24.3 Å². The van der Waals surface area contributed by atoms with E-state index >= 15 is 0 Å². The van der Waals surface area contributed by atoms with Crippen LogP contribution in [0, 0.1) is 5.92 Å². The summed E-state index contributed by atoms with van der Waals surface area (Å²) in [7, 11) is -3.91. The summed E-state index contributed by atoms with van der Waals surface area (Å²) in [6, 6.07) is 17.7. The summed E-state index contributed by atoms with van der Waals surface area (Å²) in [5.74, 6) is 0.367. The highest BCUT2D eigenvalue weighted by atomic mass is 32.2. The van der Waals surface area contributed by atoms with Gasteiger partial charge in [0.15, 0.2) is 5.76 Å². The Morgan fingerprint density at radius 3 is 2.52 bits per heavy atom. The van der Waals surface area contributed by atoms with E-state index in [0.29, 0.717) is 17.2 Å². The van der Waals surface area contributed by atoms with Crippen LogP contribution in [-0.4, -0.2) is 20.2 Å². The van der Waals surface area contributed by atoms with E-state index in [1.807, 2.05) is 35.2 Å².